The standard InChI is InChI=1S/C13H17IN2O3/c1-3-15-12(17)9-16(4-2)13(18)8-6-10-5-7-11(14)19-10/h5-8H,3-4,9H2,1-2H3,(H,15,17). The SMILES string of the molecule is CCNC(=O)CN(CC)C(=O)C=Cc1ccc(I)o1. The van der Waals surface area contributed by atoms with Crippen molar-refractivity contribution in [3.8, 4) is 0 Å². The van der Waals surface area contributed by atoms with Gasteiger partial charge in [-0.2, -0.15) is 0 Å². The maximum Gasteiger partial charge on any atom is 0.247 e. The Labute approximate surface area is 126 Å². The Morgan fingerprint density at radius 1 is 1.42 bits per heavy atom. The lowest BCUT2D eigenvalue weighted by molar-refractivity contribution is -0.132. The molecule has 104 valence electrons. The highest BCUT2D eigenvalue weighted by Crippen LogP contribution is 2.11. The highest BCUT2D eigenvalue weighted by molar-refractivity contribution is 14.1. The van der Waals surface area contributed by atoms with Gasteiger partial charge in [0.2, 0.25) is 11.8 Å². The van der Waals surface area contributed by atoms with Gasteiger partial charge in [-0.3, -0.25) is 9.59 Å². The lowest BCUT2D eigenvalue weighted by Crippen LogP contribution is -2.39. The van der Waals surface area contributed by atoms with E-state index in [0.29, 0.717) is 18.8 Å². The summed E-state index contributed by atoms with van der Waals surface area (Å²) in [5.74, 6) is 0.255. The van der Waals surface area contributed by atoms with Crippen molar-refractivity contribution in [2.24, 2.45) is 0 Å². The molecule has 0 aromatic carbocycles. The molecule has 1 rings (SSSR count). The van der Waals surface area contributed by atoms with Crippen LogP contribution in [0.2, 0.25) is 0 Å². The van der Waals surface area contributed by atoms with Gasteiger partial charge in [0.05, 0.1) is 6.54 Å². The topological polar surface area (TPSA) is 62.6 Å². The molecule has 6 heteroatoms. The van der Waals surface area contributed by atoms with Crippen LogP contribution in [0.15, 0.2) is 22.6 Å². The van der Waals surface area contributed by atoms with Crippen molar-refractivity contribution in [3.05, 3.63) is 27.7 Å². The fourth-order valence-corrected chi connectivity index (χ4v) is 1.88. The van der Waals surface area contributed by atoms with Gasteiger partial charge in [-0.05, 0) is 54.6 Å². The van der Waals surface area contributed by atoms with Gasteiger partial charge in [0.15, 0.2) is 3.77 Å². The summed E-state index contributed by atoms with van der Waals surface area (Å²) in [6.07, 6.45) is 3.02. The number of nitrogens with one attached hydrogen (secondary N) is 1. The molecule has 0 fully saturated rings. The van der Waals surface area contributed by atoms with E-state index in [1.165, 1.54) is 11.0 Å². The molecule has 1 aromatic heterocycles. The number of likely N-dealkylation sites (N-methyl/N-ethyl adjacent to an activating group) is 2. The Balaban J connectivity index is 2.58. The van der Waals surface area contributed by atoms with Crippen molar-refractivity contribution in [2.75, 3.05) is 19.6 Å². The molecule has 0 saturated heterocycles. The molecule has 1 N–H and O–H groups in total. The van der Waals surface area contributed by atoms with Gasteiger partial charge in [-0.25, -0.2) is 0 Å². The van der Waals surface area contributed by atoms with E-state index >= 15 is 0 Å². The largest absolute Gasteiger partial charge is 0.451 e. The van der Waals surface area contributed by atoms with Crippen LogP contribution in [-0.2, 0) is 9.59 Å². The summed E-state index contributed by atoms with van der Waals surface area (Å²) < 4.78 is 6.08. The van der Waals surface area contributed by atoms with Gasteiger partial charge in [-0.15, -0.1) is 0 Å². The zero-order chi connectivity index (χ0) is 14.3. The van der Waals surface area contributed by atoms with Gasteiger partial charge in [0.1, 0.15) is 5.76 Å². The predicted octanol–water partition coefficient (Wildman–Crippen LogP) is 1.88. The Bertz CT molecular complexity index is 468. The first-order chi connectivity index (χ1) is 9.06. The first-order valence-corrected chi connectivity index (χ1v) is 7.13. The molecule has 5 nitrogen and oxygen atoms in total. The van der Waals surface area contributed by atoms with E-state index in [-0.39, 0.29) is 18.4 Å². The first-order valence-electron chi connectivity index (χ1n) is 6.05. The summed E-state index contributed by atoms with van der Waals surface area (Å²) >= 11 is 2.05. The van der Waals surface area contributed by atoms with Crippen molar-refractivity contribution < 1.29 is 14.0 Å². The van der Waals surface area contributed by atoms with E-state index in [1.807, 2.05) is 19.9 Å². The average molecular weight is 376 g/mol. The summed E-state index contributed by atoms with van der Waals surface area (Å²) in [4.78, 5) is 24.8. The summed E-state index contributed by atoms with van der Waals surface area (Å²) in [6.45, 7) is 4.79. The number of hydrogen-bond acceptors (Lipinski definition) is 3. The van der Waals surface area contributed by atoms with E-state index in [2.05, 4.69) is 27.9 Å². The highest BCUT2D eigenvalue weighted by atomic mass is 127. The number of carbonyl (C=O) groups excluding carboxylic acids is 2. The zero-order valence-electron chi connectivity index (χ0n) is 11.0. The summed E-state index contributed by atoms with van der Waals surface area (Å²) in [5.41, 5.74) is 0. The Morgan fingerprint density at radius 2 is 2.16 bits per heavy atom. The second-order valence-corrected chi connectivity index (χ2v) is 4.84. The third kappa shape index (κ3) is 5.46. The lowest BCUT2D eigenvalue weighted by atomic mass is 10.3. The molecule has 0 saturated carbocycles. The van der Waals surface area contributed by atoms with Crippen molar-refractivity contribution in [3.63, 3.8) is 0 Å². The lowest BCUT2D eigenvalue weighted by Gasteiger charge is -2.18. The van der Waals surface area contributed by atoms with Crippen LogP contribution in [0.5, 0.6) is 0 Å². The predicted molar refractivity (Wildman–Crippen MR) is 81.4 cm³/mol. The van der Waals surface area contributed by atoms with Gasteiger partial charge in [0.25, 0.3) is 0 Å². The number of amides is 2. The number of furan rings is 1. The van der Waals surface area contributed by atoms with E-state index in [4.69, 9.17) is 4.42 Å². The van der Waals surface area contributed by atoms with Crippen LogP contribution in [0.4, 0.5) is 0 Å². The monoisotopic (exact) mass is 376 g/mol. The minimum Gasteiger partial charge on any atom is -0.451 e. The summed E-state index contributed by atoms with van der Waals surface area (Å²) in [5, 5.41) is 2.67. The van der Waals surface area contributed by atoms with Crippen molar-refractivity contribution in [1.82, 2.24) is 10.2 Å². The molecule has 0 aliphatic carbocycles. The minimum absolute atomic E-state index is 0.0726. The molecule has 0 atom stereocenters. The Kier molecular flexibility index (Phi) is 6.61. The third-order valence-electron chi connectivity index (χ3n) is 2.39. The highest BCUT2D eigenvalue weighted by Gasteiger charge is 2.12. The van der Waals surface area contributed by atoms with Gasteiger partial charge in [0, 0.05) is 19.2 Å². The normalized spacial score (nSPS) is 10.7. The minimum atomic E-state index is -0.208. The first kappa shape index (κ1) is 15.7. The van der Waals surface area contributed by atoms with Crippen LogP contribution in [0, 0.1) is 3.77 Å². The Hall–Kier alpha value is -1.31. The van der Waals surface area contributed by atoms with E-state index < -0.39 is 0 Å². The number of carbonyl (C=O) groups is 2. The third-order valence-corrected chi connectivity index (χ3v) is 2.97. The molecule has 1 aromatic rings. The molecule has 19 heavy (non-hydrogen) atoms. The summed E-state index contributed by atoms with van der Waals surface area (Å²) in [6, 6.07) is 3.60. The number of halogens is 1. The molecule has 0 aliphatic rings. The van der Waals surface area contributed by atoms with Crippen LogP contribution in [0.3, 0.4) is 0 Å². The molecular formula is C13H17IN2O3. The van der Waals surface area contributed by atoms with Crippen LogP contribution in [-0.4, -0.2) is 36.3 Å². The second-order valence-electron chi connectivity index (χ2n) is 3.78. The number of nitrogens with zero attached hydrogens (tertiary/aromatic N) is 1. The second kappa shape index (κ2) is 7.98. The van der Waals surface area contributed by atoms with E-state index in [1.54, 1.807) is 12.1 Å². The van der Waals surface area contributed by atoms with E-state index in [0.717, 1.165) is 3.77 Å². The van der Waals surface area contributed by atoms with Crippen LogP contribution in [0.25, 0.3) is 6.08 Å². The average Bonchev–Trinajstić information content (AvgIpc) is 2.79. The van der Waals surface area contributed by atoms with Gasteiger partial charge < -0.3 is 14.6 Å². The molecule has 0 radical (unpaired) electrons. The zero-order valence-corrected chi connectivity index (χ0v) is 13.1. The van der Waals surface area contributed by atoms with Crippen molar-refractivity contribution in [2.45, 2.75) is 13.8 Å². The molecule has 0 bridgehead atoms. The fraction of sp³-hybridized carbons (Fsp3) is 0.385. The van der Waals surface area contributed by atoms with Crippen LogP contribution < -0.4 is 5.32 Å². The molecule has 1 heterocycles. The maximum atomic E-state index is 11.9. The van der Waals surface area contributed by atoms with Crippen molar-refractivity contribution in [1.29, 1.82) is 0 Å². The molecule has 2 amide bonds. The molecular weight excluding hydrogens is 359 g/mol. The molecule has 0 spiro atoms. The van der Waals surface area contributed by atoms with Crippen LogP contribution in [0.1, 0.15) is 19.6 Å². The fourth-order valence-electron chi connectivity index (χ4n) is 1.45. The number of hydrogen-bond donors (Lipinski definition) is 1. The quantitative estimate of drug-likeness (QED) is 0.609. The van der Waals surface area contributed by atoms with E-state index in [9.17, 15) is 9.59 Å². The summed E-state index contributed by atoms with van der Waals surface area (Å²) in [7, 11) is 0. The van der Waals surface area contributed by atoms with Crippen molar-refractivity contribution >= 4 is 40.5 Å². The smallest absolute Gasteiger partial charge is 0.247 e. The number of rotatable bonds is 6. The molecule has 0 unspecified atom stereocenters. The Morgan fingerprint density at radius 3 is 2.68 bits per heavy atom. The van der Waals surface area contributed by atoms with Gasteiger partial charge >= 0.3 is 0 Å². The van der Waals surface area contributed by atoms with Gasteiger partial charge in [-0.1, -0.05) is 0 Å². The molecule has 0 aliphatic heterocycles. The van der Waals surface area contributed by atoms with Crippen LogP contribution >= 0.6 is 22.6 Å². The maximum absolute atomic E-state index is 11.9.